The largest absolute Gasteiger partial charge is 0.508 e. The molecule has 6 heteroatoms. The molecule has 0 saturated carbocycles. The van der Waals surface area contributed by atoms with Crippen molar-refractivity contribution in [2.75, 3.05) is 16.8 Å². The summed E-state index contributed by atoms with van der Waals surface area (Å²) in [5.41, 5.74) is 1.77. The van der Waals surface area contributed by atoms with Crippen LogP contribution >= 0.6 is 27.3 Å². The number of phenolic OH excluding ortho intramolecular Hbond substituents is 1. The highest BCUT2D eigenvalue weighted by atomic mass is 79.9. The molecule has 2 aromatic rings. The monoisotopic (exact) mass is 352 g/mol. The minimum Gasteiger partial charge on any atom is -0.508 e. The van der Waals surface area contributed by atoms with E-state index in [-0.39, 0.29) is 11.7 Å². The van der Waals surface area contributed by atoms with Gasteiger partial charge in [-0.1, -0.05) is 15.9 Å². The molecule has 1 aliphatic rings. The maximum atomic E-state index is 12.0. The first-order valence-electron chi connectivity index (χ1n) is 6.28. The van der Waals surface area contributed by atoms with Gasteiger partial charge in [0.25, 0.3) is 0 Å². The second kappa shape index (κ2) is 5.54. The zero-order valence-electron chi connectivity index (χ0n) is 10.6. The van der Waals surface area contributed by atoms with Gasteiger partial charge in [0, 0.05) is 29.2 Å². The van der Waals surface area contributed by atoms with Gasteiger partial charge in [-0.05, 0) is 30.2 Å². The minimum atomic E-state index is 0.140. The maximum absolute atomic E-state index is 12.0. The number of aromatic hydroxyl groups is 1. The van der Waals surface area contributed by atoms with Crippen molar-refractivity contribution in [2.24, 2.45) is 5.92 Å². The van der Waals surface area contributed by atoms with Gasteiger partial charge < -0.3 is 5.11 Å². The number of anilines is 1. The number of halogens is 1. The average Bonchev–Trinajstić information content (AvgIpc) is 3.06. The van der Waals surface area contributed by atoms with Crippen molar-refractivity contribution in [1.29, 1.82) is 0 Å². The van der Waals surface area contributed by atoms with E-state index in [1.807, 2.05) is 17.5 Å². The number of aromatic nitrogens is 1. The number of nitrogens with zero attached hydrogens (tertiary/aromatic N) is 2. The van der Waals surface area contributed by atoms with E-state index in [4.69, 9.17) is 0 Å². The Morgan fingerprint density at radius 3 is 2.80 bits per heavy atom. The van der Waals surface area contributed by atoms with Gasteiger partial charge in [0.15, 0.2) is 5.13 Å². The first kappa shape index (κ1) is 13.6. The fraction of sp³-hybridized carbons (Fsp3) is 0.286. The second-order valence-corrected chi connectivity index (χ2v) is 6.28. The molecular formula is C14H13BrN2O2S. The summed E-state index contributed by atoms with van der Waals surface area (Å²) in [6, 6.07) is 6.91. The summed E-state index contributed by atoms with van der Waals surface area (Å²) in [6.45, 7) is 0.729. The number of phenols is 1. The van der Waals surface area contributed by atoms with Crippen LogP contribution in [-0.2, 0) is 4.79 Å². The highest BCUT2D eigenvalue weighted by molar-refractivity contribution is 9.09. The maximum Gasteiger partial charge on any atom is 0.229 e. The summed E-state index contributed by atoms with van der Waals surface area (Å²) in [4.78, 5) is 18.3. The number of amides is 1. The Labute approximate surface area is 129 Å². The molecule has 4 nitrogen and oxygen atoms in total. The number of alkyl halides is 1. The predicted molar refractivity (Wildman–Crippen MR) is 83.5 cm³/mol. The first-order chi connectivity index (χ1) is 9.67. The van der Waals surface area contributed by atoms with Crippen LogP contribution in [-0.4, -0.2) is 27.9 Å². The third-order valence-electron chi connectivity index (χ3n) is 3.31. The van der Waals surface area contributed by atoms with Gasteiger partial charge in [-0.15, -0.1) is 11.3 Å². The highest BCUT2D eigenvalue weighted by Crippen LogP contribution is 2.32. The topological polar surface area (TPSA) is 53.4 Å². The van der Waals surface area contributed by atoms with Crippen molar-refractivity contribution in [3.05, 3.63) is 29.6 Å². The van der Waals surface area contributed by atoms with Crippen LogP contribution in [0.4, 0.5) is 5.13 Å². The zero-order chi connectivity index (χ0) is 14.1. The summed E-state index contributed by atoms with van der Waals surface area (Å²) < 4.78 is 0. The van der Waals surface area contributed by atoms with E-state index >= 15 is 0 Å². The van der Waals surface area contributed by atoms with Gasteiger partial charge >= 0.3 is 0 Å². The average molecular weight is 353 g/mol. The molecule has 1 unspecified atom stereocenters. The van der Waals surface area contributed by atoms with Crippen molar-refractivity contribution in [1.82, 2.24) is 4.98 Å². The number of carbonyl (C=O) groups excluding carboxylic acids is 1. The zero-order valence-corrected chi connectivity index (χ0v) is 13.0. The molecule has 3 rings (SSSR count). The molecule has 0 radical (unpaired) electrons. The number of thiazole rings is 1. The molecule has 0 bridgehead atoms. The molecule has 1 aromatic carbocycles. The van der Waals surface area contributed by atoms with Crippen LogP contribution in [0.25, 0.3) is 11.3 Å². The van der Waals surface area contributed by atoms with Crippen molar-refractivity contribution in [3.8, 4) is 17.0 Å². The summed E-state index contributed by atoms with van der Waals surface area (Å²) in [7, 11) is 0. The Morgan fingerprint density at radius 2 is 2.15 bits per heavy atom. The van der Waals surface area contributed by atoms with Crippen LogP contribution in [0.15, 0.2) is 29.6 Å². The van der Waals surface area contributed by atoms with E-state index < -0.39 is 0 Å². The lowest BCUT2D eigenvalue weighted by Gasteiger charge is -2.11. The van der Waals surface area contributed by atoms with Crippen molar-refractivity contribution >= 4 is 38.3 Å². The van der Waals surface area contributed by atoms with Crippen LogP contribution in [0.5, 0.6) is 5.75 Å². The third kappa shape index (κ3) is 2.58. The second-order valence-electron chi connectivity index (χ2n) is 4.79. The van der Waals surface area contributed by atoms with E-state index in [9.17, 15) is 9.90 Å². The van der Waals surface area contributed by atoms with E-state index in [1.165, 1.54) is 11.3 Å². The molecule has 1 aliphatic heterocycles. The van der Waals surface area contributed by atoms with Gasteiger partial charge in [-0.3, -0.25) is 9.69 Å². The Hall–Kier alpha value is -1.40. The molecular weight excluding hydrogens is 340 g/mol. The Balaban J connectivity index is 1.83. The lowest BCUT2D eigenvalue weighted by molar-refractivity contribution is -0.117. The number of carbonyl (C=O) groups is 1. The quantitative estimate of drug-likeness (QED) is 0.862. The van der Waals surface area contributed by atoms with E-state index in [1.54, 1.807) is 17.0 Å². The van der Waals surface area contributed by atoms with Crippen molar-refractivity contribution in [2.45, 2.75) is 6.42 Å². The molecule has 1 amide bonds. The molecule has 2 heterocycles. The van der Waals surface area contributed by atoms with Crippen molar-refractivity contribution < 1.29 is 9.90 Å². The van der Waals surface area contributed by atoms with Gasteiger partial charge in [0.2, 0.25) is 5.91 Å². The molecule has 1 saturated heterocycles. The molecule has 1 N–H and O–H groups in total. The lowest BCUT2D eigenvalue weighted by atomic mass is 10.2. The smallest absolute Gasteiger partial charge is 0.229 e. The van der Waals surface area contributed by atoms with Crippen LogP contribution in [0.1, 0.15) is 6.42 Å². The SMILES string of the molecule is O=C1CC(CBr)CN1c1nc(-c2ccc(O)cc2)cs1. The molecule has 20 heavy (non-hydrogen) atoms. The number of hydrogen-bond donors (Lipinski definition) is 1. The van der Waals surface area contributed by atoms with Crippen LogP contribution in [0.2, 0.25) is 0 Å². The third-order valence-corrected chi connectivity index (χ3v) is 5.09. The first-order valence-corrected chi connectivity index (χ1v) is 8.28. The Kier molecular flexibility index (Phi) is 3.76. The van der Waals surface area contributed by atoms with Gasteiger partial charge in [0.1, 0.15) is 5.75 Å². The van der Waals surface area contributed by atoms with Crippen LogP contribution in [0, 0.1) is 5.92 Å². The van der Waals surface area contributed by atoms with E-state index in [2.05, 4.69) is 20.9 Å². The number of rotatable bonds is 3. The summed E-state index contributed by atoms with van der Waals surface area (Å²) >= 11 is 4.91. The van der Waals surface area contributed by atoms with E-state index in [0.29, 0.717) is 12.3 Å². The van der Waals surface area contributed by atoms with Crippen LogP contribution < -0.4 is 4.90 Å². The van der Waals surface area contributed by atoms with Gasteiger partial charge in [0.05, 0.1) is 5.69 Å². The highest BCUT2D eigenvalue weighted by Gasteiger charge is 2.31. The standard InChI is InChI=1S/C14H13BrN2O2S/c15-6-9-5-13(19)17(7-9)14-16-12(8-20-14)10-1-3-11(18)4-2-10/h1-4,8-9,18H,5-7H2. The molecule has 104 valence electrons. The fourth-order valence-corrected chi connectivity index (χ4v) is 3.52. The predicted octanol–water partition coefficient (Wildman–Crippen LogP) is 3.26. The molecule has 1 fully saturated rings. The normalized spacial score (nSPS) is 18.8. The molecule has 0 spiro atoms. The van der Waals surface area contributed by atoms with Gasteiger partial charge in [-0.2, -0.15) is 0 Å². The lowest BCUT2D eigenvalue weighted by Crippen LogP contribution is -2.24. The molecule has 1 atom stereocenters. The van der Waals surface area contributed by atoms with Gasteiger partial charge in [-0.25, -0.2) is 4.98 Å². The van der Waals surface area contributed by atoms with Crippen molar-refractivity contribution in [3.63, 3.8) is 0 Å². The minimum absolute atomic E-state index is 0.140. The Bertz CT molecular complexity index is 626. The Morgan fingerprint density at radius 1 is 1.40 bits per heavy atom. The van der Waals surface area contributed by atoms with E-state index in [0.717, 1.165) is 28.3 Å². The summed E-state index contributed by atoms with van der Waals surface area (Å²) in [6.07, 6.45) is 0.583. The summed E-state index contributed by atoms with van der Waals surface area (Å²) in [5, 5.41) is 12.8. The van der Waals surface area contributed by atoms with Crippen LogP contribution in [0.3, 0.4) is 0 Å². The number of hydrogen-bond acceptors (Lipinski definition) is 4. The summed E-state index contributed by atoms with van der Waals surface area (Å²) in [5.74, 6) is 0.740. The fourth-order valence-electron chi connectivity index (χ4n) is 2.22. The molecule has 0 aliphatic carbocycles. The molecule has 1 aromatic heterocycles. The number of benzene rings is 1.